The molecular weight excluding hydrogens is 352 g/mol. The van der Waals surface area contributed by atoms with Crippen LogP contribution in [0.1, 0.15) is 0 Å². The van der Waals surface area contributed by atoms with Gasteiger partial charge in [0.25, 0.3) is 0 Å². The van der Waals surface area contributed by atoms with Crippen molar-refractivity contribution in [2.75, 3.05) is 0 Å². The van der Waals surface area contributed by atoms with Crippen LogP contribution in [0, 0.1) is 0 Å². The van der Waals surface area contributed by atoms with Crippen molar-refractivity contribution in [2.24, 2.45) is 0 Å². The summed E-state index contributed by atoms with van der Waals surface area (Å²) in [5, 5.41) is 0. The Morgan fingerprint density at radius 2 is 1.00 bits per heavy atom. The average Bonchev–Trinajstić information content (AvgIpc) is 0. The Morgan fingerprint density at radius 1 is 1.00 bits per heavy atom. The van der Waals surface area contributed by atoms with Crippen molar-refractivity contribution < 1.29 is 97.7 Å². The van der Waals surface area contributed by atoms with Crippen LogP contribution in [0.15, 0.2) is 0 Å². The Morgan fingerprint density at radius 3 is 1.00 bits per heavy atom. The van der Waals surface area contributed by atoms with Gasteiger partial charge in [0.2, 0.25) is 0 Å². The molecule has 0 spiro atoms. The molecule has 1 radical (unpaired) electrons. The van der Waals surface area contributed by atoms with Crippen molar-refractivity contribution in [3.05, 3.63) is 0 Å². The van der Waals surface area contributed by atoms with E-state index >= 15 is 0 Å². The van der Waals surface area contributed by atoms with Gasteiger partial charge in [0.05, 0.1) is 0 Å². The molecule has 0 atom stereocenters. The van der Waals surface area contributed by atoms with Crippen LogP contribution in [0.4, 0.5) is 0 Å². The molecule has 5 heavy (non-hydrogen) atoms. The topological polar surface area (TPSA) is 0 Å². The minimum absolute atomic E-state index is 0. The fraction of sp³-hybridized carbons (Fsp3) is 0. The Bertz CT molecular complexity index is 11.6. The van der Waals surface area contributed by atoms with E-state index in [1.54, 1.807) is 0 Å². The van der Waals surface area contributed by atoms with E-state index in [1.165, 1.54) is 0 Å². The SMILES string of the molecule is [Cd].[Cr].[Cu].[Ni].[Zn]. The van der Waals surface area contributed by atoms with Gasteiger partial charge >= 0.3 is 0 Å². The first-order valence-electron chi connectivity index (χ1n) is 0. The predicted molar refractivity (Wildman–Crippen MR) is 0 cm³/mol. The van der Waals surface area contributed by atoms with Crippen molar-refractivity contribution in [1.29, 1.82) is 0 Å². The first-order valence-corrected chi connectivity index (χ1v) is 0. The van der Waals surface area contributed by atoms with Gasteiger partial charge < -0.3 is 0 Å². The average molecular weight is 352 g/mol. The van der Waals surface area contributed by atoms with Gasteiger partial charge in [0.15, 0.2) is 0 Å². The number of rotatable bonds is 0. The monoisotopic (exact) mass is 351 g/mol. The molecule has 0 aromatic rings. The van der Waals surface area contributed by atoms with Gasteiger partial charge in [0.1, 0.15) is 0 Å². The van der Waals surface area contributed by atoms with Gasteiger partial charge in [-0.3, -0.25) is 0 Å². The zero-order valence-electron chi connectivity index (χ0n) is 2.44. The third kappa shape index (κ3) is 19.2. The van der Waals surface area contributed by atoms with E-state index < -0.39 is 0 Å². The molecule has 0 bridgehead atoms. The summed E-state index contributed by atoms with van der Waals surface area (Å²) < 4.78 is 0. The van der Waals surface area contributed by atoms with Crippen LogP contribution in [-0.2, 0) is 97.7 Å². The molecule has 0 saturated heterocycles. The predicted octanol–water partition coefficient (Wildman–Crippen LogP) is -0.0125. The molecule has 0 aliphatic rings. The second-order valence-electron chi connectivity index (χ2n) is 0. The molecule has 0 nitrogen and oxygen atoms in total. The molecule has 0 N–H and O–H groups in total. The molecule has 0 aromatic carbocycles. The van der Waals surface area contributed by atoms with Crippen LogP contribution in [0.3, 0.4) is 0 Å². The Kier molecular flexibility index (Phi) is 235. The smallest absolute Gasteiger partial charge is 0 e. The van der Waals surface area contributed by atoms with E-state index in [4.69, 9.17) is 0 Å². The molecule has 0 aliphatic carbocycles. The van der Waals surface area contributed by atoms with Crippen LogP contribution >= 0.6 is 0 Å². The van der Waals surface area contributed by atoms with Crippen molar-refractivity contribution in [3.63, 3.8) is 0 Å². The maximum Gasteiger partial charge on any atom is 0 e. The fourth-order valence-electron chi connectivity index (χ4n) is 0. The summed E-state index contributed by atoms with van der Waals surface area (Å²) in [6.45, 7) is 0. The van der Waals surface area contributed by atoms with Gasteiger partial charge in [0, 0.05) is 97.7 Å². The summed E-state index contributed by atoms with van der Waals surface area (Å²) in [6.07, 6.45) is 0. The van der Waals surface area contributed by atoms with E-state index in [1.807, 2.05) is 0 Å². The zero-order valence-corrected chi connectivity index (χ0v) is 12.6. The van der Waals surface area contributed by atoms with Gasteiger partial charge in [-0.15, -0.1) is 0 Å². The normalized spacial score (nSPS) is 0. The molecule has 0 aliphatic heterocycles. The van der Waals surface area contributed by atoms with Crippen LogP contribution in [0.5, 0.6) is 0 Å². The molecule has 0 rings (SSSR count). The van der Waals surface area contributed by atoms with Crippen LogP contribution in [-0.4, -0.2) is 0 Å². The Balaban J connectivity index is 0. The molecule has 31 valence electrons. The quantitative estimate of drug-likeness (QED) is 0.538. The largest absolute Gasteiger partial charge is 0 e. The molecular formula is CdCrCuNiZn. The van der Waals surface area contributed by atoms with Crippen molar-refractivity contribution >= 4 is 0 Å². The molecule has 0 aromatic heterocycles. The summed E-state index contributed by atoms with van der Waals surface area (Å²) in [5.41, 5.74) is 0. The summed E-state index contributed by atoms with van der Waals surface area (Å²) in [5.74, 6) is 0. The molecule has 5 heteroatoms. The van der Waals surface area contributed by atoms with Crippen molar-refractivity contribution in [3.8, 4) is 0 Å². The number of hydrogen-bond donors (Lipinski definition) is 0. The molecule has 0 heterocycles. The zero-order chi connectivity index (χ0) is 0. The second-order valence-corrected chi connectivity index (χ2v) is 0. The van der Waals surface area contributed by atoms with Crippen LogP contribution in [0.2, 0.25) is 0 Å². The third-order valence-corrected chi connectivity index (χ3v) is 0. The van der Waals surface area contributed by atoms with Gasteiger partial charge in [-0.25, -0.2) is 0 Å². The van der Waals surface area contributed by atoms with Crippen molar-refractivity contribution in [1.82, 2.24) is 0 Å². The van der Waals surface area contributed by atoms with Crippen LogP contribution < -0.4 is 0 Å². The molecule has 0 amide bonds. The third-order valence-electron chi connectivity index (χ3n) is 0. The van der Waals surface area contributed by atoms with Crippen LogP contribution in [0.25, 0.3) is 0 Å². The van der Waals surface area contributed by atoms with E-state index in [2.05, 4.69) is 0 Å². The summed E-state index contributed by atoms with van der Waals surface area (Å²) in [7, 11) is 0. The van der Waals surface area contributed by atoms with Gasteiger partial charge in [-0.05, 0) is 0 Å². The molecule has 0 saturated carbocycles. The Labute approximate surface area is 96.1 Å². The first-order chi connectivity index (χ1) is 0. The first kappa shape index (κ1) is 42.6. The standard InChI is InChI=1S/Cd.Cr.Cu.Ni.Zn. The van der Waals surface area contributed by atoms with E-state index in [9.17, 15) is 0 Å². The minimum Gasteiger partial charge on any atom is 0 e. The van der Waals surface area contributed by atoms with E-state index in [-0.39, 0.29) is 97.7 Å². The maximum absolute atomic E-state index is 0. The van der Waals surface area contributed by atoms with E-state index in [0.29, 0.717) is 0 Å². The summed E-state index contributed by atoms with van der Waals surface area (Å²) in [4.78, 5) is 0. The van der Waals surface area contributed by atoms with E-state index in [0.717, 1.165) is 0 Å². The molecule has 0 fully saturated rings. The summed E-state index contributed by atoms with van der Waals surface area (Å²) in [6, 6.07) is 0. The number of hydrogen-bond acceptors (Lipinski definition) is 0. The second kappa shape index (κ2) is 27.5. The van der Waals surface area contributed by atoms with Gasteiger partial charge in [-0.1, -0.05) is 0 Å². The summed E-state index contributed by atoms with van der Waals surface area (Å²) >= 11 is 0. The van der Waals surface area contributed by atoms with Crippen molar-refractivity contribution in [2.45, 2.75) is 0 Å². The fourth-order valence-corrected chi connectivity index (χ4v) is 0. The molecule has 0 unspecified atom stereocenters. The van der Waals surface area contributed by atoms with Gasteiger partial charge in [-0.2, -0.15) is 0 Å². The minimum atomic E-state index is 0. The Hall–Kier alpha value is 3.09. The maximum atomic E-state index is 0.